The number of nitrogens with zero attached hydrogens (tertiary/aromatic N) is 1. The predicted octanol–water partition coefficient (Wildman–Crippen LogP) is 6.44. The normalized spacial score (nSPS) is 11.8. The Labute approximate surface area is 209 Å². The van der Waals surface area contributed by atoms with Crippen LogP contribution in [0.5, 0.6) is 5.75 Å². The highest BCUT2D eigenvalue weighted by Crippen LogP contribution is 2.27. The molecule has 0 radical (unpaired) electrons. The van der Waals surface area contributed by atoms with Crippen LogP contribution >= 0.6 is 0 Å². The van der Waals surface area contributed by atoms with Crippen molar-refractivity contribution >= 4 is 21.6 Å². The van der Waals surface area contributed by atoms with Gasteiger partial charge in [-0.05, 0) is 72.7 Å². The Kier molecular flexibility index (Phi) is 8.39. The highest BCUT2D eigenvalue weighted by atomic mass is 32.2. The number of hydrogen-bond acceptors (Lipinski definition) is 4. The molecule has 3 rings (SSSR count). The highest BCUT2D eigenvalue weighted by molar-refractivity contribution is 7.93. The van der Waals surface area contributed by atoms with Crippen LogP contribution in [0.15, 0.2) is 77.7 Å². The van der Waals surface area contributed by atoms with Crippen LogP contribution in [0.4, 0.5) is 5.69 Å². The zero-order valence-corrected chi connectivity index (χ0v) is 22.1. The van der Waals surface area contributed by atoms with Gasteiger partial charge in [0.1, 0.15) is 5.75 Å². The zero-order chi connectivity index (χ0) is 25.6. The minimum absolute atomic E-state index is 0.00342. The maximum atomic E-state index is 13.6. The molecule has 3 aromatic carbocycles. The van der Waals surface area contributed by atoms with Gasteiger partial charge in [-0.1, -0.05) is 76.1 Å². The maximum absolute atomic E-state index is 13.6. The van der Waals surface area contributed by atoms with Gasteiger partial charge in [-0.15, -0.1) is 0 Å². The predicted molar refractivity (Wildman–Crippen MR) is 142 cm³/mol. The topological polar surface area (TPSA) is 63.7 Å². The smallest absolute Gasteiger partial charge is 0.278 e. The van der Waals surface area contributed by atoms with E-state index in [1.54, 1.807) is 36.4 Å². The van der Waals surface area contributed by atoms with Gasteiger partial charge < -0.3 is 4.74 Å². The van der Waals surface area contributed by atoms with E-state index in [2.05, 4.69) is 27.7 Å². The Morgan fingerprint density at radius 3 is 2.03 bits per heavy atom. The molecule has 0 aliphatic rings. The van der Waals surface area contributed by atoms with Crippen LogP contribution in [0.25, 0.3) is 0 Å². The van der Waals surface area contributed by atoms with Crippen LogP contribution in [0.2, 0.25) is 0 Å². The molecular formula is C29H35NO4S. The molecule has 0 saturated carbocycles. The Bertz CT molecular complexity index is 1220. The van der Waals surface area contributed by atoms with Crippen molar-refractivity contribution in [1.29, 1.82) is 0 Å². The van der Waals surface area contributed by atoms with Gasteiger partial charge in [0.05, 0.1) is 10.6 Å². The van der Waals surface area contributed by atoms with Crippen molar-refractivity contribution in [3.63, 3.8) is 0 Å². The number of unbranched alkanes of at least 4 members (excludes halogenated alkanes) is 1. The van der Waals surface area contributed by atoms with Crippen molar-refractivity contribution in [1.82, 2.24) is 0 Å². The molecule has 0 saturated heterocycles. The maximum Gasteiger partial charge on any atom is 0.278 e. The number of amides is 1. The van der Waals surface area contributed by atoms with Gasteiger partial charge in [0, 0.05) is 0 Å². The first-order chi connectivity index (χ1) is 16.5. The lowest BCUT2D eigenvalue weighted by molar-refractivity contribution is -0.119. The molecule has 0 atom stereocenters. The molecule has 0 unspecified atom stereocenters. The van der Waals surface area contributed by atoms with Crippen LogP contribution in [0.1, 0.15) is 57.2 Å². The summed E-state index contributed by atoms with van der Waals surface area (Å²) in [5.41, 5.74) is 3.47. The molecule has 3 aromatic rings. The number of ether oxygens (including phenoxy) is 1. The molecule has 1 amide bonds. The molecule has 0 heterocycles. The fraction of sp³-hybridized carbons (Fsp3) is 0.345. The molecule has 6 heteroatoms. The second kappa shape index (κ2) is 11.1. The van der Waals surface area contributed by atoms with Crippen molar-refractivity contribution < 1.29 is 17.9 Å². The third kappa shape index (κ3) is 6.73. The lowest BCUT2D eigenvalue weighted by atomic mass is 9.87. The summed E-state index contributed by atoms with van der Waals surface area (Å²) < 4.78 is 33.7. The second-order valence-corrected chi connectivity index (χ2v) is 11.6. The molecule has 0 bridgehead atoms. The van der Waals surface area contributed by atoms with Crippen molar-refractivity contribution in [3.8, 4) is 5.75 Å². The number of benzene rings is 3. The average molecular weight is 494 g/mol. The number of aryl methyl sites for hydroxylation is 2. The van der Waals surface area contributed by atoms with Gasteiger partial charge >= 0.3 is 0 Å². The van der Waals surface area contributed by atoms with E-state index in [1.165, 1.54) is 12.1 Å². The quantitative estimate of drug-likeness (QED) is 0.344. The van der Waals surface area contributed by atoms with E-state index in [-0.39, 0.29) is 10.3 Å². The first-order valence-electron chi connectivity index (χ1n) is 12.0. The van der Waals surface area contributed by atoms with Gasteiger partial charge in [-0.3, -0.25) is 4.79 Å². The largest absolute Gasteiger partial charge is 0.484 e. The second-order valence-electron chi connectivity index (χ2n) is 9.81. The van der Waals surface area contributed by atoms with Crippen molar-refractivity contribution in [3.05, 3.63) is 89.5 Å². The van der Waals surface area contributed by atoms with Gasteiger partial charge in [-0.2, -0.15) is 4.31 Å². The molecule has 0 aromatic heterocycles. The number of carbonyl (C=O) groups is 1. The van der Waals surface area contributed by atoms with Crippen LogP contribution in [-0.2, 0) is 26.7 Å². The van der Waals surface area contributed by atoms with E-state index in [0.29, 0.717) is 11.4 Å². The minimum atomic E-state index is -4.13. The molecule has 0 N–H and O–H groups in total. The lowest BCUT2D eigenvalue weighted by Crippen LogP contribution is -2.40. The summed E-state index contributed by atoms with van der Waals surface area (Å²) in [6.07, 6.45) is 3.02. The van der Waals surface area contributed by atoms with Crippen LogP contribution in [0, 0.1) is 6.92 Å². The van der Waals surface area contributed by atoms with Gasteiger partial charge in [0.25, 0.3) is 15.9 Å². The van der Waals surface area contributed by atoms with Crippen LogP contribution in [-0.4, -0.2) is 20.9 Å². The van der Waals surface area contributed by atoms with E-state index < -0.39 is 22.5 Å². The third-order valence-electron chi connectivity index (χ3n) is 5.86. The number of anilines is 1. The number of carbonyl (C=O) groups excluding carboxylic acids is 1. The first-order valence-corrected chi connectivity index (χ1v) is 13.4. The average Bonchev–Trinajstić information content (AvgIpc) is 2.82. The van der Waals surface area contributed by atoms with E-state index in [0.717, 1.165) is 40.3 Å². The van der Waals surface area contributed by atoms with Crippen molar-refractivity contribution in [2.24, 2.45) is 0 Å². The molecule has 0 fully saturated rings. The summed E-state index contributed by atoms with van der Waals surface area (Å²) >= 11 is 0. The minimum Gasteiger partial charge on any atom is -0.484 e. The number of rotatable bonds is 9. The Balaban J connectivity index is 1.88. The van der Waals surface area contributed by atoms with E-state index >= 15 is 0 Å². The highest BCUT2D eigenvalue weighted by Gasteiger charge is 2.31. The summed E-state index contributed by atoms with van der Waals surface area (Å²) in [5.74, 6) is -0.152. The van der Waals surface area contributed by atoms with E-state index in [4.69, 9.17) is 4.74 Å². The van der Waals surface area contributed by atoms with Gasteiger partial charge in [0.2, 0.25) is 0 Å². The first kappa shape index (κ1) is 26.5. The fourth-order valence-electron chi connectivity index (χ4n) is 3.67. The Morgan fingerprint density at radius 2 is 1.49 bits per heavy atom. The van der Waals surface area contributed by atoms with Gasteiger partial charge in [-0.25, -0.2) is 8.42 Å². The third-order valence-corrected chi connectivity index (χ3v) is 7.62. The number of hydrogen-bond donors (Lipinski definition) is 0. The Hall–Kier alpha value is -3.12. The molecule has 186 valence electrons. The summed E-state index contributed by atoms with van der Waals surface area (Å²) in [6, 6.07) is 21.1. The van der Waals surface area contributed by atoms with Crippen LogP contribution < -0.4 is 9.04 Å². The molecular weight excluding hydrogens is 458 g/mol. The van der Waals surface area contributed by atoms with Gasteiger partial charge in [0.15, 0.2) is 6.61 Å². The molecule has 0 aliphatic carbocycles. The molecule has 35 heavy (non-hydrogen) atoms. The number of sulfonamides is 1. The molecule has 5 nitrogen and oxygen atoms in total. The molecule has 0 spiro atoms. The molecule has 0 aliphatic heterocycles. The summed E-state index contributed by atoms with van der Waals surface area (Å²) in [6.45, 7) is 9.96. The van der Waals surface area contributed by atoms with E-state index in [1.807, 2.05) is 31.2 Å². The van der Waals surface area contributed by atoms with Crippen LogP contribution in [0.3, 0.4) is 0 Å². The standard InChI is InChI=1S/C29H35NO4S/c1-6-7-8-23-11-15-25(16-12-23)30(35(32,33)27-19-9-22(2)10-20-27)28(31)21-34-26-17-13-24(14-18-26)29(3,4)5/h9-20H,6-8,21H2,1-5H3. The zero-order valence-electron chi connectivity index (χ0n) is 21.2. The lowest BCUT2D eigenvalue weighted by Gasteiger charge is -2.23. The van der Waals surface area contributed by atoms with E-state index in [9.17, 15) is 13.2 Å². The van der Waals surface area contributed by atoms with Crippen molar-refractivity contribution in [2.75, 3.05) is 10.9 Å². The van der Waals surface area contributed by atoms with Crippen molar-refractivity contribution in [2.45, 2.75) is 64.2 Å². The SMILES string of the molecule is CCCCc1ccc(N(C(=O)COc2ccc(C(C)(C)C)cc2)S(=O)(=O)c2ccc(C)cc2)cc1. The fourth-order valence-corrected chi connectivity index (χ4v) is 5.08. The monoisotopic (exact) mass is 493 g/mol. The summed E-state index contributed by atoms with van der Waals surface area (Å²) in [5, 5.41) is 0. The summed E-state index contributed by atoms with van der Waals surface area (Å²) in [4.78, 5) is 13.4. The summed E-state index contributed by atoms with van der Waals surface area (Å²) in [7, 11) is -4.13. The Morgan fingerprint density at radius 1 is 0.886 bits per heavy atom.